The third kappa shape index (κ3) is 4.00. The normalized spacial score (nSPS) is 9.25. The van der Waals surface area contributed by atoms with Gasteiger partial charge in [-0.05, 0) is 40.8 Å². The molecule has 5 heteroatoms. The zero-order valence-corrected chi connectivity index (χ0v) is 14.4. The highest BCUT2D eigenvalue weighted by Gasteiger charge is 2.02. The van der Waals surface area contributed by atoms with E-state index in [1.165, 1.54) is 9.90 Å². The zero-order valence-electron chi connectivity index (χ0n) is 12.2. The summed E-state index contributed by atoms with van der Waals surface area (Å²) >= 11 is 2.28. The molecule has 0 saturated heterocycles. The van der Waals surface area contributed by atoms with Crippen molar-refractivity contribution in [3.63, 3.8) is 0 Å². The van der Waals surface area contributed by atoms with Gasteiger partial charge < -0.3 is 0 Å². The molecule has 3 aromatic rings. The van der Waals surface area contributed by atoms with Crippen LogP contribution in [0.15, 0.2) is 42.9 Å². The van der Waals surface area contributed by atoms with Crippen molar-refractivity contribution in [2.45, 2.75) is 27.7 Å². The summed E-state index contributed by atoms with van der Waals surface area (Å²) in [6.07, 6.45) is 3.36. The van der Waals surface area contributed by atoms with Gasteiger partial charge in [-0.25, -0.2) is 9.50 Å². The summed E-state index contributed by atoms with van der Waals surface area (Å²) in [6.45, 7) is 8.00. The Hall–Kier alpha value is -1.50. The number of hydrogen-bond acceptors (Lipinski definition) is 3. The van der Waals surface area contributed by atoms with Gasteiger partial charge in [0, 0.05) is 15.3 Å². The van der Waals surface area contributed by atoms with Gasteiger partial charge in [0.05, 0.1) is 5.69 Å². The number of fused-ring (bicyclic) bond motifs is 1. The molecule has 0 bridgehead atoms. The van der Waals surface area contributed by atoms with E-state index in [2.05, 4.69) is 61.9 Å². The van der Waals surface area contributed by atoms with Gasteiger partial charge in [-0.2, -0.15) is 10.1 Å². The maximum absolute atomic E-state index is 4.42. The molecule has 0 aliphatic heterocycles. The smallest absolute Gasteiger partial charge is 0.211 e. The van der Waals surface area contributed by atoms with Crippen molar-refractivity contribution in [2.75, 3.05) is 0 Å². The number of nitrogens with zero attached hydrogens (tertiary/aromatic N) is 4. The number of aromatic nitrogens is 4. The van der Waals surface area contributed by atoms with Crippen molar-refractivity contribution in [1.29, 1.82) is 0 Å². The fourth-order valence-electron chi connectivity index (χ4n) is 1.50. The zero-order chi connectivity index (χ0) is 15.0. The van der Waals surface area contributed by atoms with Crippen molar-refractivity contribution < 1.29 is 0 Å². The monoisotopic (exact) mass is 382 g/mol. The Morgan fingerprint density at radius 3 is 2.25 bits per heavy atom. The number of rotatable bonds is 1. The molecule has 0 atom stereocenters. The summed E-state index contributed by atoms with van der Waals surface area (Å²) in [5, 5.41) is 4.01. The van der Waals surface area contributed by atoms with Gasteiger partial charge >= 0.3 is 0 Å². The Morgan fingerprint density at radius 2 is 1.60 bits per heavy atom. The molecule has 2 aromatic heterocycles. The van der Waals surface area contributed by atoms with Gasteiger partial charge in [0.15, 0.2) is 0 Å². The molecule has 0 radical (unpaired) electrons. The highest BCUT2D eigenvalue weighted by molar-refractivity contribution is 14.1. The molecule has 1 aromatic carbocycles. The highest BCUT2D eigenvalue weighted by Crippen LogP contribution is 2.18. The van der Waals surface area contributed by atoms with Gasteiger partial charge in [0.2, 0.25) is 0 Å². The van der Waals surface area contributed by atoms with Gasteiger partial charge in [0.1, 0.15) is 6.33 Å². The van der Waals surface area contributed by atoms with Crippen molar-refractivity contribution >= 4 is 28.4 Å². The molecule has 0 aliphatic rings. The molecule has 3 rings (SSSR count). The Labute approximate surface area is 133 Å². The number of benzene rings is 1. The third-order valence-corrected chi connectivity index (χ3v) is 3.01. The number of hydrogen-bond donors (Lipinski definition) is 0. The van der Waals surface area contributed by atoms with E-state index in [0.29, 0.717) is 5.78 Å². The molecule has 0 fully saturated rings. The van der Waals surface area contributed by atoms with Crippen molar-refractivity contribution in [2.24, 2.45) is 0 Å². The van der Waals surface area contributed by atoms with Crippen LogP contribution < -0.4 is 0 Å². The first kappa shape index (κ1) is 16.6. The maximum atomic E-state index is 4.42. The molecule has 106 valence electrons. The van der Waals surface area contributed by atoms with Crippen LogP contribution in [0.2, 0.25) is 0 Å². The van der Waals surface area contributed by atoms with E-state index in [9.17, 15) is 0 Å². The van der Waals surface area contributed by atoms with Crippen LogP contribution in [0.1, 0.15) is 27.7 Å². The quantitative estimate of drug-likeness (QED) is 0.584. The van der Waals surface area contributed by atoms with Crippen molar-refractivity contribution in [1.82, 2.24) is 19.6 Å². The van der Waals surface area contributed by atoms with Crippen LogP contribution in [-0.4, -0.2) is 19.6 Å². The Bertz CT molecular complexity index is 632. The molecule has 2 heterocycles. The fraction of sp³-hybridized carbons (Fsp3) is 0.267. The second-order valence-electron chi connectivity index (χ2n) is 3.32. The van der Waals surface area contributed by atoms with Crippen LogP contribution >= 0.6 is 22.6 Å². The largest absolute Gasteiger partial charge is 0.252 e. The summed E-state index contributed by atoms with van der Waals surface area (Å²) in [7, 11) is 0. The molecule has 0 N–H and O–H groups in total. The van der Waals surface area contributed by atoms with E-state index in [1.54, 1.807) is 4.52 Å². The molecule has 4 nitrogen and oxygen atoms in total. The van der Waals surface area contributed by atoms with Crippen LogP contribution in [0.25, 0.3) is 17.0 Å². The predicted molar refractivity (Wildman–Crippen MR) is 91.6 cm³/mol. The molecular weight excluding hydrogens is 363 g/mol. The van der Waals surface area contributed by atoms with E-state index >= 15 is 0 Å². The standard InChI is InChI=1S/C11H7IN4.2C2H6/c12-9-3-1-8(2-4-9)10-5-6-16-11(15-10)13-7-14-16;2*1-2/h1-7H;2*1-2H3. The van der Waals surface area contributed by atoms with Crippen LogP contribution in [-0.2, 0) is 0 Å². The van der Waals surface area contributed by atoms with Crippen molar-refractivity contribution in [3.05, 3.63) is 46.4 Å². The molecule has 0 aliphatic carbocycles. The van der Waals surface area contributed by atoms with Crippen molar-refractivity contribution in [3.8, 4) is 11.3 Å². The van der Waals surface area contributed by atoms with Gasteiger partial charge in [-0.3, -0.25) is 0 Å². The summed E-state index contributed by atoms with van der Waals surface area (Å²) in [5.74, 6) is 0.621. The minimum absolute atomic E-state index is 0.621. The molecule has 0 amide bonds. The third-order valence-electron chi connectivity index (χ3n) is 2.29. The van der Waals surface area contributed by atoms with E-state index < -0.39 is 0 Å². The first-order valence-corrected chi connectivity index (χ1v) is 7.83. The molecular formula is C15H19IN4. The van der Waals surface area contributed by atoms with Gasteiger partial charge in [-0.15, -0.1) is 0 Å². The molecule has 0 saturated carbocycles. The van der Waals surface area contributed by atoms with Crippen LogP contribution in [0.5, 0.6) is 0 Å². The van der Waals surface area contributed by atoms with Gasteiger partial charge in [-0.1, -0.05) is 39.8 Å². The predicted octanol–water partition coefficient (Wildman–Crippen LogP) is 4.45. The lowest BCUT2D eigenvalue weighted by molar-refractivity contribution is 0.940. The fourth-order valence-corrected chi connectivity index (χ4v) is 1.86. The van der Waals surface area contributed by atoms with Crippen LogP contribution in [0.3, 0.4) is 0 Å². The lowest BCUT2D eigenvalue weighted by Crippen LogP contribution is -1.92. The minimum Gasteiger partial charge on any atom is -0.211 e. The molecule has 0 spiro atoms. The Kier molecular flexibility index (Phi) is 7.14. The second-order valence-corrected chi connectivity index (χ2v) is 4.57. The lowest BCUT2D eigenvalue weighted by Gasteiger charge is -2.00. The summed E-state index contributed by atoms with van der Waals surface area (Å²) in [6, 6.07) is 10.2. The Morgan fingerprint density at radius 1 is 0.950 bits per heavy atom. The van der Waals surface area contributed by atoms with Gasteiger partial charge in [0.25, 0.3) is 5.78 Å². The lowest BCUT2D eigenvalue weighted by atomic mass is 10.1. The summed E-state index contributed by atoms with van der Waals surface area (Å²) in [4.78, 5) is 8.48. The maximum Gasteiger partial charge on any atom is 0.252 e. The highest BCUT2D eigenvalue weighted by atomic mass is 127. The van der Waals surface area contributed by atoms with E-state index in [1.807, 2.05) is 40.0 Å². The first-order valence-electron chi connectivity index (χ1n) is 6.75. The van der Waals surface area contributed by atoms with Crippen LogP contribution in [0, 0.1) is 3.57 Å². The summed E-state index contributed by atoms with van der Waals surface area (Å²) in [5.41, 5.74) is 2.00. The van der Waals surface area contributed by atoms with Crippen LogP contribution in [0.4, 0.5) is 0 Å². The van der Waals surface area contributed by atoms with E-state index in [4.69, 9.17) is 0 Å². The SMILES string of the molecule is CC.CC.Ic1ccc(-c2ccn3ncnc3n2)cc1. The summed E-state index contributed by atoms with van der Waals surface area (Å²) < 4.78 is 2.86. The number of halogens is 1. The average molecular weight is 382 g/mol. The molecule has 20 heavy (non-hydrogen) atoms. The topological polar surface area (TPSA) is 43.1 Å². The first-order chi connectivity index (χ1) is 9.83. The Balaban J connectivity index is 0.000000461. The van der Waals surface area contributed by atoms with E-state index in [0.717, 1.165) is 11.3 Å². The molecule has 0 unspecified atom stereocenters. The second kappa shape index (κ2) is 8.63. The van der Waals surface area contributed by atoms with E-state index in [-0.39, 0.29) is 0 Å². The average Bonchev–Trinajstić information content (AvgIpc) is 2.99. The minimum atomic E-state index is 0.621.